The first-order chi connectivity index (χ1) is 14.1. The van der Waals surface area contributed by atoms with Crippen molar-refractivity contribution in [2.75, 3.05) is 5.32 Å². The Kier molecular flexibility index (Phi) is 4.16. The molecule has 0 aliphatic heterocycles. The van der Waals surface area contributed by atoms with Crippen molar-refractivity contribution >= 4 is 17.4 Å². The van der Waals surface area contributed by atoms with Gasteiger partial charge in [0.2, 0.25) is 5.91 Å². The van der Waals surface area contributed by atoms with Crippen LogP contribution in [0.4, 0.5) is 10.2 Å². The molecule has 0 spiro atoms. The summed E-state index contributed by atoms with van der Waals surface area (Å²) >= 11 is 0. The van der Waals surface area contributed by atoms with Gasteiger partial charge in [0.05, 0.1) is 0 Å². The minimum absolute atomic E-state index is 0.0288. The highest BCUT2D eigenvalue weighted by molar-refractivity contribution is 5.98. The first kappa shape index (κ1) is 17.6. The van der Waals surface area contributed by atoms with Crippen LogP contribution in [0.5, 0.6) is 0 Å². The highest BCUT2D eigenvalue weighted by Crippen LogP contribution is 2.48. The molecule has 1 fully saturated rings. The molecular weight excluding hydrogens is 365 g/mol. The maximum atomic E-state index is 13.8. The van der Waals surface area contributed by atoms with Gasteiger partial charge in [-0.3, -0.25) is 9.20 Å². The fourth-order valence-corrected chi connectivity index (χ4v) is 3.87. The van der Waals surface area contributed by atoms with Crippen molar-refractivity contribution in [3.05, 3.63) is 89.9 Å². The summed E-state index contributed by atoms with van der Waals surface area (Å²) in [5.41, 5.74) is 4.18. The molecule has 2 heterocycles. The number of anilines is 1. The van der Waals surface area contributed by atoms with E-state index in [1.807, 2.05) is 47.9 Å². The third-order valence-electron chi connectivity index (χ3n) is 5.48. The van der Waals surface area contributed by atoms with Crippen LogP contribution in [0, 0.1) is 18.7 Å². The first-order valence-corrected chi connectivity index (χ1v) is 9.70. The number of carbonyl (C=O) groups is 1. The average molecular weight is 385 g/mol. The lowest BCUT2D eigenvalue weighted by Gasteiger charge is -2.08. The van der Waals surface area contributed by atoms with Crippen molar-refractivity contribution in [3.63, 3.8) is 0 Å². The van der Waals surface area contributed by atoms with Crippen molar-refractivity contribution in [2.45, 2.75) is 19.3 Å². The van der Waals surface area contributed by atoms with E-state index >= 15 is 0 Å². The Balaban J connectivity index is 1.50. The van der Waals surface area contributed by atoms with E-state index in [2.05, 4.69) is 22.4 Å². The van der Waals surface area contributed by atoms with Crippen molar-refractivity contribution in [3.8, 4) is 11.3 Å². The number of rotatable bonds is 4. The standard InChI is InChI=1S/C24H20FN3O/c1-15-10-11-28-21(12-15)26-22(17-8-5-9-18(25)13-17)23(28)27-24(29)20-14-19(20)16-6-3-2-4-7-16/h2-13,19-20H,14H2,1H3,(H,27,29)/t19-,20?/m0/s1. The number of aromatic nitrogens is 2. The Morgan fingerprint density at radius 2 is 1.93 bits per heavy atom. The molecule has 1 aliphatic rings. The van der Waals surface area contributed by atoms with Crippen molar-refractivity contribution in [1.82, 2.24) is 9.38 Å². The van der Waals surface area contributed by atoms with Crippen LogP contribution in [0.1, 0.15) is 23.5 Å². The summed E-state index contributed by atoms with van der Waals surface area (Å²) in [5, 5.41) is 3.07. The molecule has 29 heavy (non-hydrogen) atoms. The predicted molar refractivity (Wildman–Crippen MR) is 111 cm³/mol. The van der Waals surface area contributed by atoms with E-state index in [1.54, 1.807) is 12.1 Å². The normalized spacial score (nSPS) is 18.0. The van der Waals surface area contributed by atoms with Crippen LogP contribution in [0.25, 0.3) is 16.9 Å². The van der Waals surface area contributed by atoms with Crippen molar-refractivity contribution in [2.24, 2.45) is 5.92 Å². The minimum Gasteiger partial charge on any atom is -0.310 e. The monoisotopic (exact) mass is 385 g/mol. The maximum absolute atomic E-state index is 13.8. The second-order valence-corrected chi connectivity index (χ2v) is 7.60. The number of pyridine rings is 1. The lowest BCUT2D eigenvalue weighted by molar-refractivity contribution is -0.117. The zero-order chi connectivity index (χ0) is 20.0. The van der Waals surface area contributed by atoms with E-state index in [0.717, 1.165) is 17.6 Å². The molecule has 144 valence electrons. The summed E-state index contributed by atoms with van der Waals surface area (Å²) in [6, 6.07) is 20.3. The zero-order valence-electron chi connectivity index (χ0n) is 16.0. The van der Waals surface area contributed by atoms with Gasteiger partial charge in [0.1, 0.15) is 23.0 Å². The second kappa shape index (κ2) is 6.85. The largest absolute Gasteiger partial charge is 0.310 e. The average Bonchev–Trinajstić information content (AvgIpc) is 3.46. The van der Waals surface area contributed by atoms with Gasteiger partial charge < -0.3 is 5.32 Å². The van der Waals surface area contributed by atoms with Crippen molar-refractivity contribution < 1.29 is 9.18 Å². The van der Waals surface area contributed by atoms with Gasteiger partial charge in [0.15, 0.2) is 0 Å². The molecule has 1 amide bonds. The maximum Gasteiger partial charge on any atom is 0.229 e. The molecule has 1 unspecified atom stereocenters. The van der Waals surface area contributed by atoms with Crippen LogP contribution in [0.3, 0.4) is 0 Å². The smallest absolute Gasteiger partial charge is 0.229 e. The van der Waals surface area contributed by atoms with Crippen LogP contribution in [-0.2, 0) is 4.79 Å². The van der Waals surface area contributed by atoms with Gasteiger partial charge in [-0.25, -0.2) is 9.37 Å². The highest BCUT2D eigenvalue weighted by atomic mass is 19.1. The number of carbonyl (C=O) groups excluding carboxylic acids is 1. The van der Waals surface area contributed by atoms with Gasteiger partial charge in [-0.15, -0.1) is 0 Å². The Hall–Kier alpha value is -3.47. The topological polar surface area (TPSA) is 46.4 Å². The van der Waals surface area contributed by atoms with Crippen LogP contribution in [0.2, 0.25) is 0 Å². The summed E-state index contributed by atoms with van der Waals surface area (Å²) in [6.07, 6.45) is 2.72. The SMILES string of the molecule is Cc1ccn2c(NC(=O)C3C[C@H]3c3ccccc3)c(-c3cccc(F)c3)nc2c1. The third kappa shape index (κ3) is 3.29. The molecule has 4 aromatic rings. The Labute approximate surface area is 168 Å². The quantitative estimate of drug-likeness (QED) is 0.525. The molecule has 4 nitrogen and oxygen atoms in total. The number of nitrogens with one attached hydrogen (secondary N) is 1. The first-order valence-electron chi connectivity index (χ1n) is 9.70. The molecule has 5 rings (SSSR count). The molecular formula is C24H20FN3O. The molecule has 0 bridgehead atoms. The Bertz CT molecular complexity index is 1220. The van der Waals surface area contributed by atoms with E-state index in [0.29, 0.717) is 17.1 Å². The van der Waals surface area contributed by atoms with Gasteiger partial charge >= 0.3 is 0 Å². The van der Waals surface area contributed by atoms with Gasteiger partial charge in [-0.2, -0.15) is 0 Å². The lowest BCUT2D eigenvalue weighted by atomic mass is 10.1. The summed E-state index contributed by atoms with van der Waals surface area (Å²) in [5.74, 6) is 0.400. The molecule has 5 heteroatoms. The van der Waals surface area contributed by atoms with Crippen LogP contribution in [-0.4, -0.2) is 15.3 Å². The number of aryl methyl sites for hydroxylation is 1. The number of benzene rings is 2. The van der Waals surface area contributed by atoms with Gasteiger partial charge in [0.25, 0.3) is 0 Å². The number of halogens is 1. The number of imidazole rings is 1. The van der Waals surface area contributed by atoms with Crippen molar-refractivity contribution in [1.29, 1.82) is 0 Å². The van der Waals surface area contributed by atoms with Gasteiger partial charge in [-0.05, 0) is 54.7 Å². The number of hydrogen-bond donors (Lipinski definition) is 1. The number of fused-ring (bicyclic) bond motifs is 1. The van der Waals surface area contributed by atoms with Crippen LogP contribution in [0.15, 0.2) is 72.9 Å². The molecule has 1 saturated carbocycles. The van der Waals surface area contributed by atoms with E-state index in [9.17, 15) is 9.18 Å². The molecule has 0 saturated heterocycles. The second-order valence-electron chi connectivity index (χ2n) is 7.60. The number of amides is 1. The summed E-state index contributed by atoms with van der Waals surface area (Å²) in [4.78, 5) is 17.7. The van der Waals surface area contributed by atoms with Crippen LogP contribution < -0.4 is 5.32 Å². The fraction of sp³-hybridized carbons (Fsp3) is 0.167. The Morgan fingerprint density at radius 1 is 1.10 bits per heavy atom. The van der Waals surface area contributed by atoms with E-state index in [4.69, 9.17) is 0 Å². The third-order valence-corrected chi connectivity index (χ3v) is 5.48. The summed E-state index contributed by atoms with van der Waals surface area (Å²) in [7, 11) is 0. The van der Waals surface area contributed by atoms with Crippen LogP contribution >= 0.6 is 0 Å². The predicted octanol–water partition coefficient (Wildman–Crippen LogP) is 5.19. The number of hydrogen-bond acceptors (Lipinski definition) is 2. The van der Waals surface area contributed by atoms with E-state index in [-0.39, 0.29) is 23.6 Å². The number of nitrogens with zero attached hydrogens (tertiary/aromatic N) is 2. The summed E-state index contributed by atoms with van der Waals surface area (Å²) in [6.45, 7) is 1.99. The lowest BCUT2D eigenvalue weighted by Crippen LogP contribution is -2.16. The Morgan fingerprint density at radius 3 is 2.72 bits per heavy atom. The molecule has 2 atom stereocenters. The summed E-state index contributed by atoms with van der Waals surface area (Å²) < 4.78 is 15.7. The molecule has 1 aliphatic carbocycles. The highest BCUT2D eigenvalue weighted by Gasteiger charge is 2.44. The zero-order valence-corrected chi connectivity index (χ0v) is 16.0. The van der Waals surface area contributed by atoms with E-state index in [1.165, 1.54) is 17.7 Å². The molecule has 2 aromatic heterocycles. The minimum atomic E-state index is -0.334. The fourth-order valence-electron chi connectivity index (χ4n) is 3.87. The molecule has 2 aromatic carbocycles. The van der Waals surface area contributed by atoms with Gasteiger partial charge in [-0.1, -0.05) is 42.5 Å². The van der Waals surface area contributed by atoms with Gasteiger partial charge in [0, 0.05) is 17.7 Å². The molecule has 0 radical (unpaired) electrons. The molecule has 1 N–H and O–H groups in total. The van der Waals surface area contributed by atoms with E-state index < -0.39 is 0 Å².